The quantitative estimate of drug-likeness (QED) is 0.484. The van der Waals surface area contributed by atoms with Crippen molar-refractivity contribution in [1.82, 2.24) is 14.3 Å². The molecule has 160 valence electrons. The van der Waals surface area contributed by atoms with Gasteiger partial charge in [0.15, 0.2) is 17.7 Å². The third-order valence-electron chi connectivity index (χ3n) is 4.78. The van der Waals surface area contributed by atoms with E-state index >= 15 is 0 Å². The molecule has 1 unspecified atom stereocenters. The fourth-order valence-corrected chi connectivity index (χ4v) is 3.71. The smallest absolute Gasteiger partial charge is 0.330 e. The van der Waals surface area contributed by atoms with Gasteiger partial charge in [0.05, 0.1) is 14.2 Å². The van der Waals surface area contributed by atoms with Gasteiger partial charge in [0, 0.05) is 12.1 Å². The molecule has 1 atom stereocenters. The van der Waals surface area contributed by atoms with Crippen molar-refractivity contribution in [2.75, 3.05) is 27.8 Å². The van der Waals surface area contributed by atoms with Crippen molar-refractivity contribution in [3.63, 3.8) is 0 Å². The number of ether oxygens (including phenoxy) is 3. The maximum absolute atomic E-state index is 9.66. The largest absolute Gasteiger partial charge is 0.508 e. The van der Waals surface area contributed by atoms with Crippen LogP contribution in [0.2, 0.25) is 0 Å². The lowest BCUT2D eigenvalue weighted by molar-refractivity contribution is 0.0359. The summed E-state index contributed by atoms with van der Waals surface area (Å²) < 4.78 is 21.0. The van der Waals surface area contributed by atoms with Crippen LogP contribution in [0.4, 0.5) is 0 Å². The molecule has 0 aliphatic heterocycles. The van der Waals surface area contributed by atoms with E-state index in [1.807, 2.05) is 31.3 Å². The lowest BCUT2D eigenvalue weighted by atomic mass is 10.1. The van der Waals surface area contributed by atoms with Crippen molar-refractivity contribution < 1.29 is 19.3 Å². The van der Waals surface area contributed by atoms with Crippen LogP contribution in [0.25, 0.3) is 10.6 Å². The zero-order valence-corrected chi connectivity index (χ0v) is 18.5. The second-order valence-electron chi connectivity index (χ2n) is 6.83. The second-order valence-corrected chi connectivity index (χ2v) is 7.58. The minimum absolute atomic E-state index is 0.142. The molecule has 0 saturated carbocycles. The molecule has 0 aliphatic rings. The first-order valence-electron chi connectivity index (χ1n) is 9.75. The number of hydrogen-bond donors (Lipinski definition) is 1. The maximum atomic E-state index is 9.66. The zero-order valence-electron chi connectivity index (χ0n) is 17.7. The van der Waals surface area contributed by atoms with E-state index in [0.717, 1.165) is 42.0 Å². The predicted molar refractivity (Wildman–Crippen MR) is 118 cm³/mol. The number of aromatic hydroxyl groups is 1. The van der Waals surface area contributed by atoms with E-state index in [4.69, 9.17) is 14.2 Å². The summed E-state index contributed by atoms with van der Waals surface area (Å²) in [6.07, 6.45) is 1.50. The Hall–Kier alpha value is -2.84. The summed E-state index contributed by atoms with van der Waals surface area (Å²) >= 11 is 1.25. The van der Waals surface area contributed by atoms with Crippen LogP contribution in [0.15, 0.2) is 42.5 Å². The number of benzene rings is 2. The second kappa shape index (κ2) is 10.3. The monoisotopic (exact) mass is 429 g/mol. The van der Waals surface area contributed by atoms with Gasteiger partial charge in [-0.15, -0.1) is 4.37 Å². The first-order chi connectivity index (χ1) is 14.5. The molecule has 1 N–H and O–H groups in total. The molecule has 3 rings (SSSR count). The number of likely N-dealkylation sites (N-methyl/N-ethyl adjacent to an activating group) is 1. The van der Waals surface area contributed by atoms with Gasteiger partial charge >= 0.3 is 6.01 Å². The Labute approximate surface area is 181 Å². The molecule has 30 heavy (non-hydrogen) atoms. The van der Waals surface area contributed by atoms with Crippen LogP contribution in [0.1, 0.15) is 18.9 Å². The lowest BCUT2D eigenvalue weighted by Crippen LogP contribution is -2.37. The molecule has 0 aliphatic carbocycles. The van der Waals surface area contributed by atoms with Gasteiger partial charge in [0.2, 0.25) is 0 Å². The molecule has 0 spiro atoms. The highest BCUT2D eigenvalue weighted by atomic mass is 32.1. The minimum Gasteiger partial charge on any atom is -0.508 e. The number of phenolic OH excluding ortho intramolecular Hbond substituents is 1. The van der Waals surface area contributed by atoms with Crippen LogP contribution < -0.4 is 14.2 Å². The number of aromatic nitrogens is 2. The normalized spacial score (nSPS) is 12.0. The lowest BCUT2D eigenvalue weighted by Gasteiger charge is -2.26. The van der Waals surface area contributed by atoms with Crippen LogP contribution in [0.5, 0.6) is 23.3 Å². The van der Waals surface area contributed by atoms with Crippen LogP contribution in [-0.4, -0.2) is 53.4 Å². The summed E-state index contributed by atoms with van der Waals surface area (Å²) in [5.41, 5.74) is 1.98. The Morgan fingerprint density at radius 3 is 2.60 bits per heavy atom. The molecule has 1 aromatic heterocycles. The van der Waals surface area contributed by atoms with Gasteiger partial charge in [0.25, 0.3) is 0 Å². The van der Waals surface area contributed by atoms with Crippen molar-refractivity contribution in [3.8, 4) is 33.8 Å². The average Bonchev–Trinajstić information content (AvgIpc) is 3.24. The number of hydrogen-bond acceptors (Lipinski definition) is 8. The van der Waals surface area contributed by atoms with Gasteiger partial charge in [0.1, 0.15) is 10.8 Å². The molecular formula is C22H27N3O4S. The van der Waals surface area contributed by atoms with Gasteiger partial charge in [-0.2, -0.15) is 4.98 Å². The van der Waals surface area contributed by atoms with E-state index in [0.29, 0.717) is 11.0 Å². The van der Waals surface area contributed by atoms with Gasteiger partial charge in [-0.05, 0) is 61.3 Å². The Balaban J connectivity index is 1.61. The summed E-state index contributed by atoms with van der Waals surface area (Å²) in [5.74, 6) is 1.65. The van der Waals surface area contributed by atoms with Gasteiger partial charge < -0.3 is 19.3 Å². The summed E-state index contributed by atoms with van der Waals surface area (Å²) in [6.45, 7) is 2.87. The van der Waals surface area contributed by atoms with Crippen molar-refractivity contribution in [2.45, 2.75) is 26.0 Å². The van der Waals surface area contributed by atoms with Crippen LogP contribution in [0.3, 0.4) is 0 Å². The molecule has 0 amide bonds. The topological polar surface area (TPSA) is 76.9 Å². The number of rotatable bonds is 10. The molecule has 0 radical (unpaired) electrons. The van der Waals surface area contributed by atoms with Crippen molar-refractivity contribution in [2.24, 2.45) is 0 Å². The molecule has 3 aromatic rings. The predicted octanol–water partition coefficient (Wildman–Crippen LogP) is 4.22. The Morgan fingerprint density at radius 2 is 1.90 bits per heavy atom. The Bertz CT molecular complexity index is 963. The van der Waals surface area contributed by atoms with Crippen molar-refractivity contribution in [3.05, 3.63) is 48.0 Å². The fourth-order valence-electron chi connectivity index (χ4n) is 3.11. The van der Waals surface area contributed by atoms with E-state index in [2.05, 4.69) is 21.2 Å². The molecule has 0 saturated heterocycles. The van der Waals surface area contributed by atoms with E-state index < -0.39 is 0 Å². The minimum atomic E-state index is -0.142. The van der Waals surface area contributed by atoms with Gasteiger partial charge in [-0.1, -0.05) is 25.1 Å². The SMILES string of the molecule is CCC(Oc1nsc(-c2cccc(O)c2)n1)N(C)CCc1ccc(OC)c(OC)c1. The van der Waals surface area contributed by atoms with E-state index in [9.17, 15) is 5.11 Å². The van der Waals surface area contributed by atoms with Crippen LogP contribution in [-0.2, 0) is 6.42 Å². The fraction of sp³-hybridized carbons (Fsp3) is 0.364. The van der Waals surface area contributed by atoms with E-state index in [1.165, 1.54) is 11.5 Å². The third-order valence-corrected chi connectivity index (χ3v) is 5.53. The summed E-state index contributed by atoms with van der Waals surface area (Å²) in [7, 11) is 5.30. The maximum Gasteiger partial charge on any atom is 0.330 e. The average molecular weight is 430 g/mol. The molecular weight excluding hydrogens is 402 g/mol. The Morgan fingerprint density at radius 1 is 1.10 bits per heavy atom. The summed E-state index contributed by atoms with van der Waals surface area (Å²) in [5, 5.41) is 10.4. The summed E-state index contributed by atoms with van der Waals surface area (Å²) in [6, 6.07) is 13.3. The van der Waals surface area contributed by atoms with Crippen molar-refractivity contribution >= 4 is 11.5 Å². The van der Waals surface area contributed by atoms with Crippen LogP contribution in [0, 0.1) is 0 Å². The first kappa shape index (κ1) is 21.9. The molecule has 1 heterocycles. The van der Waals surface area contributed by atoms with Gasteiger partial charge in [-0.25, -0.2) is 0 Å². The number of methoxy groups -OCH3 is 2. The van der Waals surface area contributed by atoms with E-state index in [1.54, 1.807) is 32.4 Å². The first-order valence-corrected chi connectivity index (χ1v) is 10.5. The third kappa shape index (κ3) is 5.40. The zero-order chi connectivity index (χ0) is 21.5. The molecule has 2 aromatic carbocycles. The number of phenols is 1. The standard InChI is InChI=1S/C22H27N3O4S/c1-5-20(25(2)12-11-15-9-10-18(27-3)19(13-15)28-4)29-22-23-21(30-24-22)16-7-6-8-17(26)14-16/h6-10,13-14,20,26H,5,11-12H2,1-4H3. The molecule has 0 fully saturated rings. The highest BCUT2D eigenvalue weighted by Crippen LogP contribution is 2.29. The Kier molecular flexibility index (Phi) is 7.48. The highest BCUT2D eigenvalue weighted by molar-refractivity contribution is 7.09. The summed E-state index contributed by atoms with van der Waals surface area (Å²) in [4.78, 5) is 6.61. The van der Waals surface area contributed by atoms with Crippen LogP contribution >= 0.6 is 11.5 Å². The van der Waals surface area contributed by atoms with Crippen molar-refractivity contribution in [1.29, 1.82) is 0 Å². The molecule has 8 heteroatoms. The molecule has 0 bridgehead atoms. The van der Waals surface area contributed by atoms with Gasteiger partial charge in [-0.3, -0.25) is 4.90 Å². The highest BCUT2D eigenvalue weighted by Gasteiger charge is 2.18. The molecule has 7 nitrogen and oxygen atoms in total. The van der Waals surface area contributed by atoms with E-state index in [-0.39, 0.29) is 12.0 Å². The number of nitrogens with zero attached hydrogens (tertiary/aromatic N) is 3.